The average Bonchev–Trinajstić information content (AvgIpc) is 3.21. The zero-order chi connectivity index (χ0) is 19.5. The quantitative estimate of drug-likeness (QED) is 0.795. The number of piperidine rings is 1. The second-order valence-corrected chi connectivity index (χ2v) is 9.14. The molecule has 4 aliphatic rings. The molecule has 150 valence electrons. The average molecular weight is 382 g/mol. The van der Waals surface area contributed by atoms with Crippen molar-refractivity contribution < 1.29 is 14.3 Å². The Morgan fingerprint density at radius 1 is 1.14 bits per heavy atom. The van der Waals surface area contributed by atoms with E-state index in [1.807, 2.05) is 0 Å². The second kappa shape index (κ2) is 6.62. The molecule has 3 aliphatic carbocycles. The van der Waals surface area contributed by atoms with Crippen LogP contribution in [0.25, 0.3) is 0 Å². The molecule has 3 atom stereocenters. The van der Waals surface area contributed by atoms with E-state index in [0.717, 1.165) is 25.1 Å². The minimum absolute atomic E-state index is 0.106. The lowest BCUT2D eigenvalue weighted by molar-refractivity contribution is -0.123. The van der Waals surface area contributed by atoms with Crippen molar-refractivity contribution in [1.82, 2.24) is 4.90 Å². The Bertz CT molecular complexity index is 838. The standard InChI is InChI=1S/C24H31NO3/c1-15-21(27-2)9-8-16-12-19-18-13-22(28-3)20(26)14-24(18,23(15)16)10-11-25(19)17-6-4-5-7-17/h8-9,13,17-19H,4-7,10-12,14H2,1-3H3/t18?,19-,24+/m0/s1. The number of methoxy groups -OCH3 is 2. The maximum Gasteiger partial charge on any atom is 0.197 e. The number of fused-ring (bicyclic) bond motifs is 1. The van der Waals surface area contributed by atoms with Gasteiger partial charge in [-0.2, -0.15) is 0 Å². The first-order valence-electron chi connectivity index (χ1n) is 10.8. The maximum absolute atomic E-state index is 13.0. The van der Waals surface area contributed by atoms with E-state index in [1.54, 1.807) is 14.2 Å². The monoisotopic (exact) mass is 381 g/mol. The molecular weight excluding hydrogens is 350 g/mol. The number of carbonyl (C=O) groups excluding carboxylic acids is 1. The molecule has 1 aromatic rings. The number of rotatable bonds is 3. The van der Waals surface area contributed by atoms with E-state index in [0.29, 0.717) is 30.2 Å². The van der Waals surface area contributed by atoms with Crippen molar-refractivity contribution in [2.75, 3.05) is 20.8 Å². The number of ether oxygens (including phenoxy) is 2. The Balaban J connectivity index is 1.68. The van der Waals surface area contributed by atoms with Crippen molar-refractivity contribution in [2.24, 2.45) is 5.92 Å². The van der Waals surface area contributed by atoms with Crippen LogP contribution in [0, 0.1) is 12.8 Å². The SMILES string of the molecule is COC1=CC2[C@@H]3Cc4ccc(OC)c(C)c4[C@]2(CCN3C2CCCC2)CC1=O. The van der Waals surface area contributed by atoms with E-state index in [2.05, 4.69) is 30.0 Å². The van der Waals surface area contributed by atoms with Gasteiger partial charge in [0.15, 0.2) is 11.5 Å². The molecule has 0 amide bonds. The Morgan fingerprint density at radius 3 is 2.64 bits per heavy atom. The number of hydrogen-bond donors (Lipinski definition) is 0. The molecule has 0 N–H and O–H groups in total. The van der Waals surface area contributed by atoms with E-state index in [1.165, 1.54) is 42.4 Å². The number of ketones is 1. The van der Waals surface area contributed by atoms with Gasteiger partial charge < -0.3 is 9.47 Å². The van der Waals surface area contributed by atoms with Gasteiger partial charge in [0.05, 0.1) is 14.2 Å². The van der Waals surface area contributed by atoms with Gasteiger partial charge in [-0.3, -0.25) is 9.69 Å². The number of benzene rings is 1. The molecule has 1 heterocycles. The summed E-state index contributed by atoms with van der Waals surface area (Å²) in [6.45, 7) is 3.28. The van der Waals surface area contributed by atoms with Crippen molar-refractivity contribution in [1.29, 1.82) is 0 Å². The lowest BCUT2D eigenvalue weighted by atomic mass is 9.52. The third-order valence-electron chi connectivity index (χ3n) is 8.04. The normalized spacial score (nSPS) is 32.5. The molecule has 2 bridgehead atoms. The number of allylic oxidation sites excluding steroid dienone is 1. The highest BCUT2D eigenvalue weighted by molar-refractivity contribution is 5.96. The van der Waals surface area contributed by atoms with Gasteiger partial charge in [0.2, 0.25) is 0 Å². The lowest BCUT2D eigenvalue weighted by Crippen LogP contribution is -2.63. The van der Waals surface area contributed by atoms with Gasteiger partial charge in [0.25, 0.3) is 0 Å². The number of nitrogens with zero attached hydrogens (tertiary/aromatic N) is 1. The highest BCUT2D eigenvalue weighted by atomic mass is 16.5. The van der Waals surface area contributed by atoms with Gasteiger partial charge in [-0.25, -0.2) is 0 Å². The minimum Gasteiger partial charge on any atom is -0.496 e. The first-order valence-corrected chi connectivity index (χ1v) is 10.8. The topological polar surface area (TPSA) is 38.8 Å². The van der Waals surface area contributed by atoms with Crippen LogP contribution >= 0.6 is 0 Å². The summed E-state index contributed by atoms with van der Waals surface area (Å²) >= 11 is 0. The van der Waals surface area contributed by atoms with E-state index >= 15 is 0 Å². The summed E-state index contributed by atoms with van der Waals surface area (Å²) in [6, 6.07) is 5.54. The molecule has 2 fully saturated rings. The molecule has 5 rings (SSSR count). The number of hydrogen-bond acceptors (Lipinski definition) is 4. The molecule has 0 aromatic heterocycles. The number of likely N-dealkylation sites (tertiary alicyclic amines) is 1. The third kappa shape index (κ3) is 2.43. The van der Waals surface area contributed by atoms with Crippen LogP contribution in [0.4, 0.5) is 0 Å². The molecule has 4 heteroatoms. The van der Waals surface area contributed by atoms with E-state index < -0.39 is 0 Å². The van der Waals surface area contributed by atoms with Gasteiger partial charge >= 0.3 is 0 Å². The molecule has 1 saturated heterocycles. The number of Topliss-reactive ketones (excluding diaryl/α,β-unsaturated/α-hetero) is 1. The predicted octanol–water partition coefficient (Wildman–Crippen LogP) is 3.93. The highest BCUT2D eigenvalue weighted by Crippen LogP contribution is 2.56. The highest BCUT2D eigenvalue weighted by Gasteiger charge is 2.57. The van der Waals surface area contributed by atoms with Crippen LogP contribution in [-0.4, -0.2) is 43.5 Å². The van der Waals surface area contributed by atoms with Gasteiger partial charge in [-0.15, -0.1) is 0 Å². The van der Waals surface area contributed by atoms with Gasteiger partial charge in [-0.05, 0) is 68.0 Å². The van der Waals surface area contributed by atoms with E-state index in [4.69, 9.17) is 9.47 Å². The first kappa shape index (κ1) is 18.2. The van der Waals surface area contributed by atoms with Crippen molar-refractivity contribution in [3.63, 3.8) is 0 Å². The number of carbonyl (C=O) groups is 1. The molecule has 1 aliphatic heterocycles. The van der Waals surface area contributed by atoms with E-state index in [9.17, 15) is 4.79 Å². The summed E-state index contributed by atoms with van der Waals surface area (Å²) in [5, 5.41) is 0. The molecule has 4 nitrogen and oxygen atoms in total. The third-order valence-corrected chi connectivity index (χ3v) is 8.04. The molecule has 28 heavy (non-hydrogen) atoms. The molecule has 0 radical (unpaired) electrons. The maximum atomic E-state index is 13.0. The van der Waals surface area contributed by atoms with Crippen LogP contribution in [-0.2, 0) is 21.4 Å². The summed E-state index contributed by atoms with van der Waals surface area (Å²) in [4.78, 5) is 15.7. The Morgan fingerprint density at radius 2 is 1.93 bits per heavy atom. The Hall–Kier alpha value is -1.81. The molecule has 1 saturated carbocycles. The lowest BCUT2D eigenvalue weighted by Gasteiger charge is -2.59. The van der Waals surface area contributed by atoms with Gasteiger partial charge in [-0.1, -0.05) is 18.9 Å². The molecule has 1 unspecified atom stereocenters. The largest absolute Gasteiger partial charge is 0.496 e. The summed E-state index contributed by atoms with van der Waals surface area (Å²) < 4.78 is 11.2. The van der Waals surface area contributed by atoms with Crippen LogP contribution in [0.5, 0.6) is 5.75 Å². The fourth-order valence-corrected chi connectivity index (χ4v) is 6.90. The molecular formula is C24H31NO3. The predicted molar refractivity (Wildman–Crippen MR) is 109 cm³/mol. The summed E-state index contributed by atoms with van der Waals surface area (Å²) in [5.74, 6) is 2.01. The minimum atomic E-state index is -0.106. The van der Waals surface area contributed by atoms with Crippen molar-refractivity contribution in [3.8, 4) is 5.75 Å². The fourth-order valence-electron chi connectivity index (χ4n) is 6.90. The summed E-state index contributed by atoms with van der Waals surface area (Å²) in [5.41, 5.74) is 3.92. The Labute approximate surface area is 167 Å². The molecule has 0 spiro atoms. The fraction of sp³-hybridized carbons (Fsp3) is 0.625. The van der Waals surface area contributed by atoms with Crippen LogP contribution < -0.4 is 4.74 Å². The van der Waals surface area contributed by atoms with Crippen LogP contribution in [0.3, 0.4) is 0 Å². The van der Waals surface area contributed by atoms with Crippen molar-refractivity contribution in [2.45, 2.75) is 69.4 Å². The van der Waals surface area contributed by atoms with Crippen LogP contribution in [0.1, 0.15) is 55.2 Å². The smallest absolute Gasteiger partial charge is 0.197 e. The first-order chi connectivity index (χ1) is 13.6. The zero-order valence-corrected chi connectivity index (χ0v) is 17.3. The van der Waals surface area contributed by atoms with Gasteiger partial charge in [0.1, 0.15) is 5.75 Å². The summed E-state index contributed by atoms with van der Waals surface area (Å²) in [7, 11) is 3.38. The zero-order valence-electron chi connectivity index (χ0n) is 17.3. The van der Waals surface area contributed by atoms with Crippen molar-refractivity contribution >= 4 is 5.78 Å². The van der Waals surface area contributed by atoms with Crippen LogP contribution in [0.2, 0.25) is 0 Å². The van der Waals surface area contributed by atoms with Crippen molar-refractivity contribution in [3.05, 3.63) is 40.7 Å². The molecule has 1 aromatic carbocycles. The summed E-state index contributed by atoms with van der Waals surface area (Å²) in [6.07, 6.45) is 10.2. The van der Waals surface area contributed by atoms with Crippen LogP contribution in [0.15, 0.2) is 24.0 Å². The van der Waals surface area contributed by atoms with E-state index in [-0.39, 0.29) is 11.2 Å². The Kier molecular flexibility index (Phi) is 4.31. The second-order valence-electron chi connectivity index (χ2n) is 9.14. The van der Waals surface area contributed by atoms with Gasteiger partial charge in [0, 0.05) is 29.8 Å².